The predicted octanol–water partition coefficient (Wildman–Crippen LogP) is 4.15. The molecule has 0 spiro atoms. The van der Waals surface area contributed by atoms with E-state index in [1.54, 1.807) is 0 Å². The highest BCUT2D eigenvalue weighted by Crippen LogP contribution is 2.75. The van der Waals surface area contributed by atoms with Crippen molar-refractivity contribution in [3.8, 4) is 0 Å². The summed E-state index contributed by atoms with van der Waals surface area (Å²) in [5, 5.41) is 54.6. The maximum absolute atomic E-state index is 12.8. The third-order valence-corrected chi connectivity index (χ3v) is 13.0. The Morgan fingerprint density at radius 3 is 2.17 bits per heavy atom. The van der Waals surface area contributed by atoms with Crippen LogP contribution in [-0.4, -0.2) is 56.4 Å². The second-order valence-electron chi connectivity index (χ2n) is 15.2. The summed E-state index contributed by atoms with van der Waals surface area (Å²) in [4.78, 5) is 12.8. The molecule has 5 aliphatic rings. The number of aliphatic hydroxyl groups excluding tert-OH is 4. The van der Waals surface area contributed by atoms with Crippen LogP contribution in [0, 0.1) is 50.2 Å². The number of aliphatic hydroxyl groups is 4. The van der Waals surface area contributed by atoms with Gasteiger partial charge in [-0.2, -0.15) is 0 Å². The third kappa shape index (κ3) is 3.08. The zero-order valence-electron chi connectivity index (χ0n) is 23.0. The van der Waals surface area contributed by atoms with E-state index >= 15 is 0 Å². The summed E-state index contributed by atoms with van der Waals surface area (Å²) in [5.74, 6) is -0.842. The van der Waals surface area contributed by atoms with Crippen molar-refractivity contribution in [2.24, 2.45) is 50.2 Å². The van der Waals surface area contributed by atoms with Gasteiger partial charge in [-0.25, -0.2) is 0 Å². The van der Waals surface area contributed by atoms with Crippen molar-refractivity contribution in [1.29, 1.82) is 0 Å². The number of hydrogen-bond acceptors (Lipinski definition) is 5. The Labute approximate surface area is 216 Å². The van der Waals surface area contributed by atoms with Gasteiger partial charge >= 0.3 is 5.97 Å². The molecule has 0 aromatic heterocycles. The summed E-state index contributed by atoms with van der Waals surface area (Å²) >= 11 is 0. The van der Waals surface area contributed by atoms with Crippen LogP contribution in [0.4, 0.5) is 0 Å². The van der Waals surface area contributed by atoms with E-state index in [2.05, 4.69) is 40.7 Å². The smallest absolute Gasteiger partial charge is 0.310 e. The summed E-state index contributed by atoms with van der Waals surface area (Å²) in [6.07, 6.45) is 5.27. The first-order valence-electron chi connectivity index (χ1n) is 14.1. The summed E-state index contributed by atoms with van der Waals surface area (Å²) in [6.45, 7) is 12.8. The van der Waals surface area contributed by atoms with Gasteiger partial charge < -0.3 is 25.5 Å². The van der Waals surface area contributed by atoms with E-state index in [0.29, 0.717) is 19.3 Å². The molecule has 6 nitrogen and oxygen atoms in total. The predicted molar refractivity (Wildman–Crippen MR) is 137 cm³/mol. The van der Waals surface area contributed by atoms with Crippen molar-refractivity contribution in [2.75, 3.05) is 6.61 Å². The van der Waals surface area contributed by atoms with Crippen molar-refractivity contribution < 1.29 is 30.3 Å². The van der Waals surface area contributed by atoms with Crippen LogP contribution < -0.4 is 0 Å². The summed E-state index contributed by atoms with van der Waals surface area (Å²) < 4.78 is 0. The fourth-order valence-corrected chi connectivity index (χ4v) is 10.9. The van der Waals surface area contributed by atoms with Crippen molar-refractivity contribution in [3.63, 3.8) is 0 Å². The normalized spacial score (nSPS) is 55.9. The second kappa shape index (κ2) is 7.80. The highest BCUT2D eigenvalue weighted by molar-refractivity contribution is 5.76. The highest BCUT2D eigenvalue weighted by Gasteiger charge is 2.72. The molecule has 5 N–H and O–H groups in total. The first kappa shape index (κ1) is 26.6. The Bertz CT molecular complexity index is 974. The van der Waals surface area contributed by atoms with E-state index in [4.69, 9.17) is 0 Å². The van der Waals surface area contributed by atoms with E-state index in [-0.39, 0.29) is 40.6 Å². The Balaban J connectivity index is 1.64. The van der Waals surface area contributed by atoms with E-state index in [9.17, 15) is 30.3 Å². The van der Waals surface area contributed by atoms with Crippen LogP contribution in [-0.2, 0) is 4.79 Å². The molecule has 5 aliphatic carbocycles. The van der Waals surface area contributed by atoms with Gasteiger partial charge in [0.1, 0.15) is 0 Å². The number of rotatable bonds is 2. The lowest BCUT2D eigenvalue weighted by atomic mass is 9.33. The Hall–Kier alpha value is -0.950. The molecule has 11 atom stereocenters. The summed E-state index contributed by atoms with van der Waals surface area (Å²) in [5.41, 5.74) is -1.32. The van der Waals surface area contributed by atoms with Gasteiger partial charge in [0.2, 0.25) is 0 Å². The van der Waals surface area contributed by atoms with Gasteiger partial charge in [-0.3, -0.25) is 4.79 Å². The van der Waals surface area contributed by atoms with Gasteiger partial charge in [0.05, 0.1) is 30.3 Å². The van der Waals surface area contributed by atoms with Gasteiger partial charge in [-0.15, -0.1) is 0 Å². The van der Waals surface area contributed by atoms with Gasteiger partial charge in [-0.1, -0.05) is 53.2 Å². The van der Waals surface area contributed by atoms with Crippen LogP contribution in [0.25, 0.3) is 0 Å². The molecule has 0 aromatic rings. The number of carboxylic acid groups (broad SMARTS) is 1. The number of carboxylic acids is 1. The first-order chi connectivity index (χ1) is 16.5. The molecule has 0 radical (unpaired) electrons. The Morgan fingerprint density at radius 2 is 1.56 bits per heavy atom. The molecule has 4 saturated carbocycles. The molecule has 0 aliphatic heterocycles. The van der Waals surface area contributed by atoms with Crippen LogP contribution in [0.15, 0.2) is 11.6 Å². The van der Waals surface area contributed by atoms with Gasteiger partial charge in [-0.05, 0) is 84.9 Å². The minimum atomic E-state index is -1.08. The zero-order valence-corrected chi connectivity index (χ0v) is 23.0. The number of hydrogen-bond donors (Lipinski definition) is 5. The molecule has 4 fully saturated rings. The number of carbonyl (C=O) groups is 1. The number of allylic oxidation sites excluding steroid dienone is 2. The molecular formula is C30H48O6. The third-order valence-electron chi connectivity index (χ3n) is 13.0. The largest absolute Gasteiger partial charge is 0.481 e. The lowest BCUT2D eigenvalue weighted by Gasteiger charge is -2.72. The first-order valence-corrected chi connectivity index (χ1v) is 14.1. The van der Waals surface area contributed by atoms with Crippen LogP contribution in [0.3, 0.4) is 0 Å². The molecule has 36 heavy (non-hydrogen) atoms. The average Bonchev–Trinajstić information content (AvgIpc) is 2.77. The van der Waals surface area contributed by atoms with Crippen LogP contribution in [0.2, 0.25) is 0 Å². The van der Waals surface area contributed by atoms with Gasteiger partial charge in [0, 0.05) is 11.3 Å². The van der Waals surface area contributed by atoms with Crippen LogP contribution >= 0.6 is 0 Å². The molecular weight excluding hydrogens is 456 g/mol. The molecule has 5 rings (SSSR count). The van der Waals surface area contributed by atoms with Crippen LogP contribution in [0.5, 0.6) is 0 Å². The quantitative estimate of drug-likeness (QED) is 0.361. The van der Waals surface area contributed by atoms with E-state index < -0.39 is 40.5 Å². The van der Waals surface area contributed by atoms with E-state index in [1.807, 2.05) is 6.92 Å². The van der Waals surface area contributed by atoms with Crippen molar-refractivity contribution in [2.45, 2.75) is 111 Å². The fraction of sp³-hybridized carbons (Fsp3) is 0.900. The molecule has 0 saturated heterocycles. The van der Waals surface area contributed by atoms with Crippen molar-refractivity contribution >= 4 is 5.97 Å². The maximum Gasteiger partial charge on any atom is 0.310 e. The van der Waals surface area contributed by atoms with E-state index in [1.165, 1.54) is 5.57 Å². The zero-order chi connectivity index (χ0) is 26.7. The summed E-state index contributed by atoms with van der Waals surface area (Å²) in [7, 11) is 0. The van der Waals surface area contributed by atoms with E-state index in [0.717, 1.165) is 32.1 Å². The molecule has 6 heteroatoms. The molecule has 0 bridgehead atoms. The topological polar surface area (TPSA) is 118 Å². The Morgan fingerprint density at radius 1 is 0.917 bits per heavy atom. The molecule has 204 valence electrons. The minimum Gasteiger partial charge on any atom is -0.481 e. The molecule has 0 amide bonds. The lowest BCUT2D eigenvalue weighted by Crippen LogP contribution is -2.71. The van der Waals surface area contributed by atoms with Gasteiger partial charge in [0.25, 0.3) is 0 Å². The highest BCUT2D eigenvalue weighted by atomic mass is 16.4. The molecule has 0 heterocycles. The fourth-order valence-electron chi connectivity index (χ4n) is 10.9. The molecule has 3 unspecified atom stereocenters. The Kier molecular flexibility index (Phi) is 5.77. The van der Waals surface area contributed by atoms with Crippen LogP contribution in [0.1, 0.15) is 92.9 Å². The average molecular weight is 505 g/mol. The van der Waals surface area contributed by atoms with Gasteiger partial charge in [0.15, 0.2) is 0 Å². The van der Waals surface area contributed by atoms with Crippen molar-refractivity contribution in [1.82, 2.24) is 0 Å². The number of aliphatic carboxylic acids is 1. The summed E-state index contributed by atoms with van der Waals surface area (Å²) in [6, 6.07) is 0. The number of fused-ring (bicyclic) bond motifs is 7. The van der Waals surface area contributed by atoms with Crippen molar-refractivity contribution in [3.05, 3.63) is 11.6 Å². The lowest BCUT2D eigenvalue weighted by molar-refractivity contribution is -0.273. The SMILES string of the molecule is CC1(C)CC[C@]2(C(=O)O)CC[C@]3(C)C(=CCC4[C@@]5(C)C[C@@H](O)[C@H](O)[C@@](C)(CO)C5[C@H](O)C[C@]43C)C2C1. The second-order valence-corrected chi connectivity index (χ2v) is 15.2. The monoisotopic (exact) mass is 504 g/mol. The molecule has 0 aromatic carbocycles. The standard InChI is InChI=1S/C30H48O6/c1-25(2)9-11-30(24(35)36)12-10-28(5)17(18(30)13-25)7-8-21-26(3)14-20(33)23(34)27(4,16-31)22(26)19(32)15-29(21,28)6/h7,18-23,31-34H,8-16H2,1-6H3,(H,35,36)/t18?,19-,20-,21?,22?,23+,26-,27+,28-,29-,30+/m1/s1. The maximum atomic E-state index is 12.8. The minimum absolute atomic E-state index is 0.000534.